The van der Waals surface area contributed by atoms with Crippen LogP contribution in [0.15, 0.2) is 60.8 Å². The number of ether oxygens (including phenoxy) is 1. The lowest BCUT2D eigenvalue weighted by Crippen LogP contribution is -2.62. The van der Waals surface area contributed by atoms with Crippen LogP contribution < -0.4 is 11.1 Å². The van der Waals surface area contributed by atoms with Crippen molar-refractivity contribution in [2.75, 3.05) is 32.1 Å². The number of aromatic hydroxyl groups is 2. The number of hydrogen-bond donors (Lipinski definition) is 4. The van der Waals surface area contributed by atoms with E-state index < -0.39 is 30.0 Å². The Hall–Kier alpha value is -4.35. The Bertz CT molecular complexity index is 1420. The molecule has 4 rings (SSSR count). The zero-order valence-electron chi connectivity index (χ0n) is 24.3. The second-order valence-corrected chi connectivity index (χ2v) is 11.2. The maximum Gasteiger partial charge on any atom is 0.355 e. The summed E-state index contributed by atoms with van der Waals surface area (Å²) < 4.78 is 7.22. The highest BCUT2D eigenvalue weighted by atomic mass is 16.5. The van der Waals surface area contributed by atoms with Gasteiger partial charge in [0.15, 0.2) is 0 Å². The van der Waals surface area contributed by atoms with Gasteiger partial charge in [0, 0.05) is 18.8 Å². The number of nitrogens with zero attached hydrogens (tertiary/aromatic N) is 3. The van der Waals surface area contributed by atoms with Crippen LogP contribution in [0.1, 0.15) is 41.4 Å². The predicted octanol–water partition coefficient (Wildman–Crippen LogP) is 3.35. The Morgan fingerprint density at radius 1 is 1.12 bits per heavy atom. The molecule has 42 heavy (non-hydrogen) atoms. The lowest BCUT2D eigenvalue weighted by molar-refractivity contribution is -0.928. The van der Waals surface area contributed by atoms with Crippen molar-refractivity contribution < 1.29 is 33.8 Å². The molecule has 11 nitrogen and oxygen atoms in total. The third-order valence-electron chi connectivity index (χ3n) is 7.63. The molecule has 224 valence electrons. The number of rotatable bonds is 9. The minimum absolute atomic E-state index is 0.107. The number of likely N-dealkylation sites (tertiary alicyclic amines) is 1. The molecule has 0 spiro atoms. The number of aryl methyl sites for hydroxylation is 1. The van der Waals surface area contributed by atoms with E-state index in [9.17, 15) is 24.6 Å². The van der Waals surface area contributed by atoms with Gasteiger partial charge in [-0.2, -0.15) is 0 Å². The average Bonchev–Trinajstić information content (AvgIpc) is 3.29. The molecular formula is C31H40N5O6+. The van der Waals surface area contributed by atoms with E-state index in [0.29, 0.717) is 29.7 Å². The first kappa shape index (κ1) is 30.6. The van der Waals surface area contributed by atoms with Crippen molar-refractivity contribution in [3.8, 4) is 11.5 Å². The van der Waals surface area contributed by atoms with Crippen molar-refractivity contribution in [2.24, 2.45) is 12.8 Å². The largest absolute Gasteiger partial charge is 0.508 e. The normalized spacial score (nSPS) is 19.1. The highest BCUT2D eigenvalue weighted by Crippen LogP contribution is 2.27. The molecule has 1 unspecified atom stereocenters. The van der Waals surface area contributed by atoms with Crippen molar-refractivity contribution in [3.63, 3.8) is 0 Å². The van der Waals surface area contributed by atoms with Crippen molar-refractivity contribution in [3.05, 3.63) is 77.6 Å². The number of piperidine rings is 1. The molecule has 0 bridgehead atoms. The number of anilines is 1. The number of quaternary nitrogens is 1. The van der Waals surface area contributed by atoms with Crippen LogP contribution in [0, 0.1) is 0 Å². The van der Waals surface area contributed by atoms with Crippen molar-refractivity contribution in [1.82, 2.24) is 9.47 Å². The summed E-state index contributed by atoms with van der Waals surface area (Å²) in [7, 11) is 3.75. The van der Waals surface area contributed by atoms with Crippen molar-refractivity contribution in [1.29, 1.82) is 0 Å². The molecule has 3 amide bonds. The van der Waals surface area contributed by atoms with Gasteiger partial charge in [-0.25, -0.2) is 9.59 Å². The summed E-state index contributed by atoms with van der Waals surface area (Å²) >= 11 is 0. The van der Waals surface area contributed by atoms with Crippen LogP contribution in [-0.2, 0) is 29.5 Å². The predicted molar refractivity (Wildman–Crippen MR) is 158 cm³/mol. The van der Waals surface area contributed by atoms with Gasteiger partial charge in [0.05, 0.1) is 38.0 Å². The first-order valence-electron chi connectivity index (χ1n) is 14.1. The van der Waals surface area contributed by atoms with Gasteiger partial charge in [-0.15, -0.1) is 0 Å². The summed E-state index contributed by atoms with van der Waals surface area (Å²) in [6.07, 6.45) is 3.17. The number of carbonyl (C=O) groups is 3. The third kappa shape index (κ3) is 7.48. The first-order chi connectivity index (χ1) is 20.0. The second-order valence-electron chi connectivity index (χ2n) is 11.2. The van der Waals surface area contributed by atoms with Crippen LogP contribution in [0.25, 0.3) is 0 Å². The fraction of sp³-hybridized carbons (Fsp3) is 0.387. The number of esters is 1. The summed E-state index contributed by atoms with van der Waals surface area (Å²) in [6.45, 7) is 3.90. The summed E-state index contributed by atoms with van der Waals surface area (Å²) in [4.78, 5) is 41.3. The van der Waals surface area contributed by atoms with E-state index in [2.05, 4.69) is 12.4 Å². The quantitative estimate of drug-likeness (QED) is 0.225. The van der Waals surface area contributed by atoms with Crippen LogP contribution in [0.4, 0.5) is 10.5 Å². The van der Waals surface area contributed by atoms with Gasteiger partial charge in [0.25, 0.3) is 0 Å². The van der Waals surface area contributed by atoms with E-state index >= 15 is 0 Å². The van der Waals surface area contributed by atoms with E-state index in [-0.39, 0.29) is 30.2 Å². The van der Waals surface area contributed by atoms with Gasteiger partial charge in [-0.1, -0.05) is 24.3 Å². The molecule has 0 saturated carbocycles. The lowest BCUT2D eigenvalue weighted by Gasteiger charge is -2.44. The summed E-state index contributed by atoms with van der Waals surface area (Å²) in [6, 6.07) is 13.0. The fourth-order valence-electron chi connectivity index (χ4n) is 5.67. The minimum atomic E-state index is -1.00. The molecule has 1 aliphatic heterocycles. The summed E-state index contributed by atoms with van der Waals surface area (Å²) in [5.41, 5.74) is 8.73. The number of benzene rings is 2. The van der Waals surface area contributed by atoms with Gasteiger partial charge < -0.3 is 35.1 Å². The molecule has 1 aromatic heterocycles. The fourth-order valence-corrected chi connectivity index (χ4v) is 5.67. The number of phenolic OH excluding ortho intramolecular Hbond substituents is 2. The molecule has 3 atom stereocenters. The standard InChI is InChI=1S/C31H39N5O6/c1-4-42-30(40)28-17-23(18-34(28)2)33-31(41)35(29(39)27(32)16-21-10-12-25(37)13-11-21)24-8-6-14-36(3,20-24)19-22-7-5-9-26(38)15-22/h5,7,9-13,15,17-18,24,27H,4,6,8,14,16,19-20,32H2,1-3H3,(H2-,33,37,38,41)/p+1/t24-,27-,36?/m0/s1. The summed E-state index contributed by atoms with van der Waals surface area (Å²) in [5.74, 6) is -0.737. The molecule has 11 heteroatoms. The number of urea groups is 1. The highest BCUT2D eigenvalue weighted by molar-refractivity contribution is 6.03. The van der Waals surface area contributed by atoms with Crippen LogP contribution in [0.3, 0.4) is 0 Å². The minimum Gasteiger partial charge on any atom is -0.508 e. The maximum atomic E-state index is 13.9. The van der Waals surface area contributed by atoms with Gasteiger partial charge in [0.1, 0.15) is 30.3 Å². The Morgan fingerprint density at radius 2 is 1.86 bits per heavy atom. The number of likely N-dealkylation sites (N-methyl/N-ethyl adjacent to an activating group) is 1. The summed E-state index contributed by atoms with van der Waals surface area (Å²) in [5, 5.41) is 22.4. The number of imide groups is 1. The monoisotopic (exact) mass is 578 g/mol. The number of carbonyl (C=O) groups excluding carboxylic acids is 3. The zero-order valence-corrected chi connectivity index (χ0v) is 24.3. The number of aromatic nitrogens is 1. The Morgan fingerprint density at radius 3 is 2.55 bits per heavy atom. The number of nitrogens with one attached hydrogen (secondary N) is 1. The Labute approximate surface area is 245 Å². The molecule has 1 fully saturated rings. The smallest absolute Gasteiger partial charge is 0.355 e. The number of phenols is 2. The van der Waals surface area contributed by atoms with E-state index in [4.69, 9.17) is 10.5 Å². The van der Waals surface area contributed by atoms with E-state index in [1.807, 2.05) is 6.07 Å². The van der Waals surface area contributed by atoms with Gasteiger partial charge in [0.2, 0.25) is 5.91 Å². The van der Waals surface area contributed by atoms with Crippen LogP contribution in [0.5, 0.6) is 11.5 Å². The van der Waals surface area contributed by atoms with Gasteiger partial charge in [-0.05, 0) is 62.1 Å². The van der Waals surface area contributed by atoms with Gasteiger partial charge >= 0.3 is 12.0 Å². The van der Waals surface area contributed by atoms with Crippen LogP contribution >= 0.6 is 0 Å². The topological polar surface area (TPSA) is 147 Å². The van der Waals surface area contributed by atoms with E-state index in [0.717, 1.165) is 24.1 Å². The Balaban J connectivity index is 1.59. The van der Waals surface area contributed by atoms with Crippen molar-refractivity contribution >= 4 is 23.6 Å². The molecule has 2 heterocycles. The van der Waals surface area contributed by atoms with Gasteiger partial charge in [-0.3, -0.25) is 9.69 Å². The highest BCUT2D eigenvalue weighted by Gasteiger charge is 2.41. The molecule has 3 aromatic rings. The van der Waals surface area contributed by atoms with Crippen molar-refractivity contribution in [2.45, 2.75) is 44.8 Å². The van der Waals surface area contributed by atoms with E-state index in [1.165, 1.54) is 23.1 Å². The third-order valence-corrected chi connectivity index (χ3v) is 7.63. The number of nitrogens with two attached hydrogens (primary N) is 1. The number of hydrogen-bond acceptors (Lipinski definition) is 7. The molecule has 5 N–H and O–H groups in total. The maximum absolute atomic E-state index is 13.9. The SMILES string of the molecule is CCOC(=O)c1cc(NC(=O)N(C(=O)[C@@H](N)Cc2ccc(O)cc2)[C@H]2CCC[N+](C)(Cc3cccc(O)c3)C2)cn1C. The molecule has 0 aliphatic carbocycles. The zero-order chi connectivity index (χ0) is 30.4. The molecular weight excluding hydrogens is 538 g/mol. The molecule has 1 saturated heterocycles. The van der Waals surface area contributed by atoms with E-state index in [1.54, 1.807) is 55.1 Å². The van der Waals surface area contributed by atoms with Crippen LogP contribution in [0.2, 0.25) is 0 Å². The average molecular weight is 579 g/mol. The molecule has 2 aromatic carbocycles. The second kappa shape index (κ2) is 13.1. The number of amides is 3. The lowest BCUT2D eigenvalue weighted by atomic mass is 9.98. The first-order valence-corrected chi connectivity index (χ1v) is 14.1. The molecule has 0 radical (unpaired) electrons. The van der Waals surface area contributed by atoms with Crippen LogP contribution in [-0.4, -0.2) is 80.9 Å². The Kier molecular flexibility index (Phi) is 9.54. The molecule has 1 aliphatic rings.